The quantitative estimate of drug-likeness (QED) is 0.471. The normalized spacial score (nSPS) is 20.9. The van der Waals surface area contributed by atoms with Gasteiger partial charge in [-0.25, -0.2) is 0 Å². The van der Waals surface area contributed by atoms with E-state index in [1.165, 1.54) is 0 Å². The van der Waals surface area contributed by atoms with E-state index in [0.717, 1.165) is 0 Å². The summed E-state index contributed by atoms with van der Waals surface area (Å²) < 4.78 is 10.7. The molecule has 68 valence electrons. The van der Waals surface area contributed by atoms with Crippen molar-refractivity contribution in [2.24, 2.45) is 5.73 Å². The van der Waals surface area contributed by atoms with Gasteiger partial charge in [0.25, 0.3) is 0 Å². The summed E-state index contributed by atoms with van der Waals surface area (Å²) in [5, 5.41) is 0. The van der Waals surface area contributed by atoms with Gasteiger partial charge in [0.1, 0.15) is 0 Å². The first-order valence-electron chi connectivity index (χ1n) is 3.51. The van der Waals surface area contributed by atoms with E-state index in [1.54, 1.807) is 20.8 Å². The smallest absolute Gasteiger partial charge is 0.217 e. The van der Waals surface area contributed by atoms with Crippen molar-refractivity contribution in [2.45, 2.75) is 31.3 Å². The van der Waals surface area contributed by atoms with Gasteiger partial charge >= 0.3 is 0 Å². The van der Waals surface area contributed by atoms with Crippen LogP contribution in [-0.2, 0) is 4.57 Å². The molecule has 0 saturated carbocycles. The third kappa shape index (κ3) is 3.16. The van der Waals surface area contributed by atoms with Crippen LogP contribution in [0.15, 0.2) is 0 Å². The van der Waals surface area contributed by atoms with Crippen molar-refractivity contribution in [2.75, 3.05) is 6.16 Å². The maximum atomic E-state index is 11.3. The summed E-state index contributed by atoms with van der Waals surface area (Å²) in [6, 6.07) is 0. The topological polar surface area (TPSA) is 63.3 Å². The molecular weight excluding hydrogens is 181 g/mol. The molecular formula is C6H16NO2PS. The maximum absolute atomic E-state index is 11.3. The first-order chi connectivity index (χ1) is 4.72. The van der Waals surface area contributed by atoms with Crippen LogP contribution >= 0.6 is 20.0 Å². The second-order valence-electron chi connectivity index (χ2n) is 3.17. The highest BCUT2D eigenvalue weighted by Crippen LogP contribution is 2.48. The van der Waals surface area contributed by atoms with Crippen molar-refractivity contribution in [3.8, 4) is 0 Å². The van der Waals surface area contributed by atoms with E-state index in [1.807, 2.05) is 0 Å². The Balaban J connectivity index is 4.49. The van der Waals surface area contributed by atoms with Crippen molar-refractivity contribution < 1.29 is 9.46 Å². The number of hydrogen-bond donors (Lipinski definition) is 3. The van der Waals surface area contributed by atoms with Gasteiger partial charge in [-0.15, -0.1) is 0 Å². The molecule has 0 aromatic heterocycles. The summed E-state index contributed by atoms with van der Waals surface area (Å²) in [6.07, 6.45) is 0.207. The average molecular weight is 197 g/mol. The van der Waals surface area contributed by atoms with Gasteiger partial charge in [-0.05, 0) is 13.8 Å². The molecule has 0 aliphatic heterocycles. The third-order valence-electron chi connectivity index (χ3n) is 1.61. The van der Waals surface area contributed by atoms with E-state index < -0.39 is 17.9 Å². The van der Waals surface area contributed by atoms with Crippen LogP contribution in [0.1, 0.15) is 20.8 Å². The zero-order chi connectivity index (χ0) is 9.28. The molecule has 0 radical (unpaired) electrons. The first-order valence-corrected chi connectivity index (χ1v) is 5.87. The van der Waals surface area contributed by atoms with Crippen molar-refractivity contribution in [3.05, 3.63) is 0 Å². The predicted molar refractivity (Wildman–Crippen MR) is 51.4 cm³/mol. The molecule has 2 unspecified atom stereocenters. The molecule has 0 fully saturated rings. The number of thiol groups is 1. The van der Waals surface area contributed by atoms with Crippen LogP contribution in [0, 0.1) is 0 Å². The van der Waals surface area contributed by atoms with Crippen LogP contribution in [0.4, 0.5) is 0 Å². The molecule has 0 aliphatic carbocycles. The van der Waals surface area contributed by atoms with Gasteiger partial charge in [0.15, 0.2) is 0 Å². The summed E-state index contributed by atoms with van der Waals surface area (Å²) in [4.78, 5) is 9.31. The van der Waals surface area contributed by atoms with Crippen LogP contribution in [0.2, 0.25) is 0 Å². The molecule has 0 rings (SSSR count). The molecule has 0 aromatic carbocycles. The fourth-order valence-electron chi connectivity index (χ4n) is 0.690. The standard InChI is InChI=1S/C6H16NO2PS/c1-4-10(8,9)5(7)6(2,3)11/h5,11H,4,7H2,1-3H3,(H,8,9). The Morgan fingerprint density at radius 1 is 1.73 bits per heavy atom. The molecule has 11 heavy (non-hydrogen) atoms. The van der Waals surface area contributed by atoms with E-state index in [2.05, 4.69) is 12.6 Å². The molecule has 3 N–H and O–H groups in total. The van der Waals surface area contributed by atoms with Gasteiger partial charge < -0.3 is 10.6 Å². The fourth-order valence-corrected chi connectivity index (χ4v) is 2.61. The molecule has 5 heteroatoms. The number of hydrogen-bond acceptors (Lipinski definition) is 3. The molecule has 2 atom stereocenters. The van der Waals surface area contributed by atoms with Gasteiger partial charge in [-0.2, -0.15) is 12.6 Å². The van der Waals surface area contributed by atoms with Gasteiger partial charge in [0.05, 0.1) is 5.78 Å². The lowest BCUT2D eigenvalue weighted by Crippen LogP contribution is -2.38. The van der Waals surface area contributed by atoms with Gasteiger partial charge in [0.2, 0.25) is 7.37 Å². The van der Waals surface area contributed by atoms with E-state index in [4.69, 9.17) is 5.73 Å². The molecule has 0 amide bonds. The predicted octanol–water partition coefficient (Wildman–Crippen LogP) is 1.27. The second kappa shape index (κ2) is 3.48. The molecule has 3 nitrogen and oxygen atoms in total. The lowest BCUT2D eigenvalue weighted by molar-refractivity contribution is 0.451. The highest BCUT2D eigenvalue weighted by Gasteiger charge is 2.35. The number of rotatable bonds is 3. The number of nitrogens with two attached hydrogens (primary N) is 1. The van der Waals surface area contributed by atoms with E-state index in [-0.39, 0.29) is 6.16 Å². The van der Waals surface area contributed by atoms with Crippen molar-refractivity contribution in [1.82, 2.24) is 0 Å². The van der Waals surface area contributed by atoms with Crippen LogP contribution in [-0.4, -0.2) is 21.6 Å². The summed E-state index contributed by atoms with van der Waals surface area (Å²) in [5.74, 6) is -0.747. The Morgan fingerprint density at radius 2 is 2.09 bits per heavy atom. The van der Waals surface area contributed by atoms with Crippen molar-refractivity contribution in [1.29, 1.82) is 0 Å². The summed E-state index contributed by atoms with van der Waals surface area (Å²) >= 11 is 4.14. The molecule has 0 saturated heterocycles. The van der Waals surface area contributed by atoms with E-state index in [0.29, 0.717) is 0 Å². The summed E-state index contributed by atoms with van der Waals surface area (Å²) in [7, 11) is -3.18. The minimum Gasteiger partial charge on any atom is -0.343 e. The largest absolute Gasteiger partial charge is 0.343 e. The lowest BCUT2D eigenvalue weighted by atomic mass is 10.2. The average Bonchev–Trinajstić information content (AvgIpc) is 1.84. The van der Waals surface area contributed by atoms with Crippen LogP contribution in [0.3, 0.4) is 0 Å². The SMILES string of the molecule is CCP(=O)(O)C(N)C(C)(C)S. The van der Waals surface area contributed by atoms with Gasteiger partial charge in [0, 0.05) is 10.9 Å². The highest BCUT2D eigenvalue weighted by molar-refractivity contribution is 7.82. The Hall–Kier alpha value is 0.500. The monoisotopic (exact) mass is 197 g/mol. The summed E-state index contributed by atoms with van der Waals surface area (Å²) in [6.45, 7) is 5.12. The minimum absolute atomic E-state index is 0.207. The van der Waals surface area contributed by atoms with E-state index in [9.17, 15) is 9.46 Å². The summed E-state index contributed by atoms with van der Waals surface area (Å²) in [5.41, 5.74) is 5.55. The van der Waals surface area contributed by atoms with Crippen molar-refractivity contribution >= 4 is 20.0 Å². The molecule has 0 aromatic rings. The minimum atomic E-state index is -3.18. The maximum Gasteiger partial charge on any atom is 0.217 e. The van der Waals surface area contributed by atoms with Crippen molar-refractivity contribution in [3.63, 3.8) is 0 Å². The Bertz CT molecular complexity index is 178. The molecule has 0 spiro atoms. The molecule has 0 bridgehead atoms. The van der Waals surface area contributed by atoms with Gasteiger partial charge in [-0.3, -0.25) is 4.57 Å². The zero-order valence-corrected chi connectivity index (χ0v) is 8.90. The molecule has 0 aliphatic rings. The molecule has 0 heterocycles. The van der Waals surface area contributed by atoms with E-state index >= 15 is 0 Å². The first kappa shape index (κ1) is 11.5. The Morgan fingerprint density at radius 3 is 2.18 bits per heavy atom. The fraction of sp³-hybridized carbons (Fsp3) is 1.00. The Labute approximate surface area is 73.2 Å². The van der Waals surface area contributed by atoms with Crippen LogP contribution in [0.5, 0.6) is 0 Å². The Kier molecular flexibility index (Phi) is 3.64. The lowest BCUT2D eigenvalue weighted by Gasteiger charge is -2.29. The highest BCUT2D eigenvalue weighted by atomic mass is 32.1. The van der Waals surface area contributed by atoms with Gasteiger partial charge in [-0.1, -0.05) is 6.92 Å². The van der Waals surface area contributed by atoms with Crippen LogP contribution < -0.4 is 5.73 Å². The van der Waals surface area contributed by atoms with Crippen LogP contribution in [0.25, 0.3) is 0 Å². The zero-order valence-electron chi connectivity index (χ0n) is 7.11. The third-order valence-corrected chi connectivity index (χ3v) is 4.51. The second-order valence-corrected chi connectivity index (χ2v) is 7.02.